The average molecular weight is 268 g/mol. The molecular formula is C17H36N2. The zero-order valence-corrected chi connectivity index (χ0v) is 13.9. The van der Waals surface area contributed by atoms with Gasteiger partial charge < -0.3 is 5.73 Å². The van der Waals surface area contributed by atoms with Crippen LogP contribution >= 0.6 is 0 Å². The first-order valence-corrected chi connectivity index (χ1v) is 8.44. The van der Waals surface area contributed by atoms with Crippen molar-refractivity contribution in [2.24, 2.45) is 17.6 Å². The highest BCUT2D eigenvalue weighted by atomic mass is 15.2. The van der Waals surface area contributed by atoms with Gasteiger partial charge in [0.25, 0.3) is 0 Å². The molecule has 0 radical (unpaired) electrons. The van der Waals surface area contributed by atoms with Crippen LogP contribution in [0.3, 0.4) is 0 Å². The summed E-state index contributed by atoms with van der Waals surface area (Å²) in [6.45, 7) is 13.8. The average Bonchev–Trinajstić information content (AvgIpc) is 2.36. The molecule has 1 aliphatic rings. The summed E-state index contributed by atoms with van der Waals surface area (Å²) in [6, 6.07) is 0.608. The quantitative estimate of drug-likeness (QED) is 0.706. The molecule has 0 aromatic heterocycles. The number of rotatable bonds is 7. The van der Waals surface area contributed by atoms with E-state index in [2.05, 4.69) is 39.5 Å². The Balaban J connectivity index is 2.82. The number of hydrogen-bond acceptors (Lipinski definition) is 2. The van der Waals surface area contributed by atoms with Crippen molar-refractivity contribution in [3.8, 4) is 0 Å². The minimum absolute atomic E-state index is 0.258. The SMILES string of the molecule is CCCCCN(C(C)C)C1(CN)CCC(C)CC1C. The molecule has 0 heterocycles. The van der Waals surface area contributed by atoms with Gasteiger partial charge in [0.15, 0.2) is 0 Å². The van der Waals surface area contributed by atoms with Crippen LogP contribution in [0.5, 0.6) is 0 Å². The van der Waals surface area contributed by atoms with Gasteiger partial charge in [-0.25, -0.2) is 0 Å². The van der Waals surface area contributed by atoms with Crippen LogP contribution in [-0.4, -0.2) is 29.6 Å². The summed E-state index contributed by atoms with van der Waals surface area (Å²) in [5, 5.41) is 0. The molecule has 0 aliphatic heterocycles. The van der Waals surface area contributed by atoms with Crippen LogP contribution in [-0.2, 0) is 0 Å². The maximum absolute atomic E-state index is 6.28. The van der Waals surface area contributed by atoms with E-state index in [4.69, 9.17) is 5.73 Å². The van der Waals surface area contributed by atoms with Gasteiger partial charge >= 0.3 is 0 Å². The predicted molar refractivity (Wildman–Crippen MR) is 85.3 cm³/mol. The van der Waals surface area contributed by atoms with Crippen LogP contribution in [0.4, 0.5) is 0 Å². The van der Waals surface area contributed by atoms with Gasteiger partial charge in [-0.05, 0) is 57.9 Å². The third-order valence-corrected chi connectivity index (χ3v) is 5.29. The Kier molecular flexibility index (Phi) is 6.82. The van der Waals surface area contributed by atoms with Gasteiger partial charge in [-0.15, -0.1) is 0 Å². The Morgan fingerprint density at radius 3 is 2.42 bits per heavy atom. The topological polar surface area (TPSA) is 29.3 Å². The van der Waals surface area contributed by atoms with Crippen molar-refractivity contribution in [2.75, 3.05) is 13.1 Å². The number of nitrogens with zero attached hydrogens (tertiary/aromatic N) is 1. The Labute approximate surface area is 121 Å². The van der Waals surface area contributed by atoms with Crippen LogP contribution in [0, 0.1) is 11.8 Å². The summed E-state index contributed by atoms with van der Waals surface area (Å²) < 4.78 is 0. The molecule has 1 rings (SSSR count). The molecule has 0 bridgehead atoms. The van der Waals surface area contributed by atoms with Gasteiger partial charge in [0.1, 0.15) is 0 Å². The zero-order valence-electron chi connectivity index (χ0n) is 13.9. The Morgan fingerprint density at radius 1 is 1.26 bits per heavy atom. The molecule has 1 fully saturated rings. The van der Waals surface area contributed by atoms with E-state index in [9.17, 15) is 0 Å². The molecule has 1 aliphatic carbocycles. The van der Waals surface area contributed by atoms with E-state index < -0.39 is 0 Å². The van der Waals surface area contributed by atoms with Crippen molar-refractivity contribution in [1.82, 2.24) is 4.90 Å². The summed E-state index contributed by atoms with van der Waals surface area (Å²) in [6.07, 6.45) is 7.93. The van der Waals surface area contributed by atoms with E-state index in [0.717, 1.165) is 18.4 Å². The second-order valence-corrected chi connectivity index (χ2v) is 7.08. The van der Waals surface area contributed by atoms with Crippen LogP contribution in [0.25, 0.3) is 0 Å². The highest BCUT2D eigenvalue weighted by molar-refractivity contribution is 5.00. The third kappa shape index (κ3) is 3.95. The molecule has 3 unspecified atom stereocenters. The fraction of sp³-hybridized carbons (Fsp3) is 1.00. The maximum atomic E-state index is 6.28. The molecule has 2 N–H and O–H groups in total. The molecule has 0 saturated heterocycles. The summed E-state index contributed by atoms with van der Waals surface area (Å²) in [7, 11) is 0. The summed E-state index contributed by atoms with van der Waals surface area (Å²) in [4.78, 5) is 2.74. The van der Waals surface area contributed by atoms with Crippen molar-refractivity contribution < 1.29 is 0 Å². The van der Waals surface area contributed by atoms with Gasteiger partial charge in [-0.3, -0.25) is 4.90 Å². The lowest BCUT2D eigenvalue weighted by Gasteiger charge is -2.53. The molecule has 0 amide bonds. The molecule has 1 saturated carbocycles. The molecule has 2 heteroatoms. The van der Waals surface area contributed by atoms with Crippen molar-refractivity contribution >= 4 is 0 Å². The predicted octanol–water partition coefficient (Wildman–Crippen LogP) is 4.04. The lowest BCUT2D eigenvalue weighted by atomic mass is 9.68. The van der Waals surface area contributed by atoms with Gasteiger partial charge in [-0.2, -0.15) is 0 Å². The number of unbranched alkanes of at least 4 members (excludes halogenated alkanes) is 2. The molecule has 19 heavy (non-hydrogen) atoms. The van der Waals surface area contributed by atoms with Gasteiger partial charge in [0.2, 0.25) is 0 Å². The van der Waals surface area contributed by atoms with E-state index in [1.165, 1.54) is 45.1 Å². The molecule has 114 valence electrons. The Morgan fingerprint density at radius 2 is 1.95 bits per heavy atom. The van der Waals surface area contributed by atoms with Crippen molar-refractivity contribution in [3.05, 3.63) is 0 Å². The first kappa shape index (κ1) is 17.0. The minimum atomic E-state index is 0.258. The smallest absolute Gasteiger partial charge is 0.0360 e. The normalized spacial score (nSPS) is 32.2. The van der Waals surface area contributed by atoms with Crippen molar-refractivity contribution in [2.45, 2.75) is 84.7 Å². The van der Waals surface area contributed by atoms with Crippen LogP contribution in [0.1, 0.15) is 73.1 Å². The van der Waals surface area contributed by atoms with E-state index >= 15 is 0 Å². The second kappa shape index (κ2) is 7.64. The summed E-state index contributed by atoms with van der Waals surface area (Å²) in [5.74, 6) is 1.60. The Bertz CT molecular complexity index is 252. The highest BCUT2D eigenvalue weighted by Gasteiger charge is 2.44. The monoisotopic (exact) mass is 268 g/mol. The lowest BCUT2D eigenvalue weighted by molar-refractivity contribution is -0.0216. The van der Waals surface area contributed by atoms with Gasteiger partial charge in [-0.1, -0.05) is 33.6 Å². The minimum Gasteiger partial charge on any atom is -0.329 e. The molecule has 0 aromatic rings. The zero-order chi connectivity index (χ0) is 14.5. The van der Waals surface area contributed by atoms with Crippen LogP contribution in [0.15, 0.2) is 0 Å². The first-order chi connectivity index (χ1) is 8.97. The lowest BCUT2D eigenvalue weighted by Crippen LogP contribution is -2.62. The molecule has 0 aromatic carbocycles. The number of hydrogen-bond donors (Lipinski definition) is 1. The number of nitrogens with two attached hydrogens (primary N) is 1. The van der Waals surface area contributed by atoms with E-state index in [-0.39, 0.29) is 5.54 Å². The molecular weight excluding hydrogens is 232 g/mol. The van der Waals surface area contributed by atoms with E-state index in [1.54, 1.807) is 0 Å². The molecule has 0 spiro atoms. The fourth-order valence-corrected chi connectivity index (χ4v) is 4.06. The molecule has 3 atom stereocenters. The van der Waals surface area contributed by atoms with Crippen molar-refractivity contribution in [3.63, 3.8) is 0 Å². The third-order valence-electron chi connectivity index (χ3n) is 5.29. The first-order valence-electron chi connectivity index (χ1n) is 8.44. The second-order valence-electron chi connectivity index (χ2n) is 7.08. The summed E-state index contributed by atoms with van der Waals surface area (Å²) in [5.41, 5.74) is 6.53. The standard InChI is InChI=1S/C17H36N2/c1-6-7-8-11-19(14(2)3)17(13-18)10-9-15(4)12-16(17)5/h14-16H,6-13,18H2,1-5H3. The largest absolute Gasteiger partial charge is 0.329 e. The maximum Gasteiger partial charge on any atom is 0.0360 e. The van der Waals surface area contributed by atoms with Gasteiger partial charge in [0.05, 0.1) is 0 Å². The van der Waals surface area contributed by atoms with Crippen LogP contribution in [0.2, 0.25) is 0 Å². The van der Waals surface area contributed by atoms with E-state index in [0.29, 0.717) is 6.04 Å². The fourth-order valence-electron chi connectivity index (χ4n) is 4.06. The van der Waals surface area contributed by atoms with E-state index in [1.807, 2.05) is 0 Å². The Hall–Kier alpha value is -0.0800. The highest BCUT2D eigenvalue weighted by Crippen LogP contribution is 2.41. The van der Waals surface area contributed by atoms with Crippen molar-refractivity contribution in [1.29, 1.82) is 0 Å². The van der Waals surface area contributed by atoms with Crippen LogP contribution < -0.4 is 5.73 Å². The van der Waals surface area contributed by atoms with Gasteiger partial charge in [0, 0.05) is 18.1 Å². The summed E-state index contributed by atoms with van der Waals surface area (Å²) >= 11 is 0. The molecule has 2 nitrogen and oxygen atoms in total.